The summed E-state index contributed by atoms with van der Waals surface area (Å²) in [5.41, 5.74) is 18.4. The van der Waals surface area contributed by atoms with Crippen LogP contribution in [-0.4, -0.2) is 8.07 Å². The predicted octanol–water partition coefficient (Wildman–Crippen LogP) is 17.7. The van der Waals surface area contributed by atoms with Gasteiger partial charge in [0.05, 0.1) is 33.6 Å². The molecule has 3 aliphatic heterocycles. The molecule has 0 amide bonds. The van der Waals surface area contributed by atoms with Gasteiger partial charge in [0, 0.05) is 11.4 Å². The Balaban J connectivity index is 0.873. The molecule has 85 heavy (non-hydrogen) atoms. The first-order chi connectivity index (χ1) is 42.2. The first kappa shape index (κ1) is 49.1. The van der Waals surface area contributed by atoms with Gasteiger partial charge in [0.25, 0.3) is 0 Å². The van der Waals surface area contributed by atoms with Crippen molar-refractivity contribution in [3.05, 3.63) is 384 Å². The van der Waals surface area contributed by atoms with Crippen molar-refractivity contribution in [2.45, 2.75) is 10.8 Å². The van der Waals surface area contributed by atoms with E-state index in [1.54, 1.807) is 0 Å². The molecule has 0 saturated carbocycles. The maximum absolute atomic E-state index is 2.91. The number of rotatable bonds is 8. The van der Waals surface area contributed by atoms with Gasteiger partial charge in [-0.25, -0.2) is 0 Å². The number of nitrogens with zero attached hydrogens (tertiary/aromatic N) is 2. The molecule has 0 N–H and O–H groups in total. The molecule has 0 fully saturated rings. The second kappa shape index (κ2) is 19.3. The number of hydrogen-bond acceptors (Lipinski definition) is 2. The van der Waals surface area contributed by atoms with E-state index in [4.69, 9.17) is 0 Å². The standard InChI is InChI=1S/C82H56N2Si/c1-7-27-61(28-8-1)81(62-29-9-2-10-30-62)71-40-20-23-43-75(71)83(76-44-24-21-41-72(76)81)65-49-47-57-52-60-54-66(50-48-58(60)51-59(57)53-65)84-77-45-25-22-42-73(77)82(63-31-11-3-12-32-63,64-33-13-4-14-34-64)74-55-70-69-39-19-26-46-79(69)85(80(70)56-78(74)84,67-35-15-5-16-36-67)68-37-17-6-18-38-68/h1-56H. The summed E-state index contributed by atoms with van der Waals surface area (Å²) in [4.78, 5) is 5.08. The van der Waals surface area contributed by atoms with Gasteiger partial charge in [-0.15, -0.1) is 0 Å². The highest BCUT2D eigenvalue weighted by atomic mass is 28.3. The maximum Gasteiger partial charge on any atom is 0.180 e. The smallest absolute Gasteiger partial charge is 0.180 e. The lowest BCUT2D eigenvalue weighted by Crippen LogP contribution is -2.72. The predicted molar refractivity (Wildman–Crippen MR) is 357 cm³/mol. The second-order valence-corrected chi connectivity index (χ2v) is 26.8. The third-order valence-corrected chi connectivity index (χ3v) is 23.8. The summed E-state index contributed by atoms with van der Waals surface area (Å²) in [6, 6.07) is 128. The van der Waals surface area contributed by atoms with Gasteiger partial charge >= 0.3 is 0 Å². The Morgan fingerprint density at radius 2 is 0.576 bits per heavy atom. The third kappa shape index (κ3) is 6.99. The van der Waals surface area contributed by atoms with E-state index in [-0.39, 0.29) is 0 Å². The molecule has 3 heterocycles. The Kier molecular flexibility index (Phi) is 11.1. The molecule has 398 valence electrons. The van der Waals surface area contributed by atoms with E-state index in [1.807, 2.05) is 0 Å². The molecule has 0 radical (unpaired) electrons. The molecule has 17 rings (SSSR count). The monoisotopic (exact) mass is 1100 g/mol. The largest absolute Gasteiger partial charge is 0.310 e. The minimum absolute atomic E-state index is 0.531. The van der Waals surface area contributed by atoms with Crippen molar-refractivity contribution in [3.63, 3.8) is 0 Å². The van der Waals surface area contributed by atoms with Gasteiger partial charge in [0.15, 0.2) is 8.07 Å². The van der Waals surface area contributed by atoms with Crippen molar-refractivity contribution >= 4 is 84.5 Å². The van der Waals surface area contributed by atoms with E-state index in [2.05, 4.69) is 350 Å². The van der Waals surface area contributed by atoms with Gasteiger partial charge in [0.2, 0.25) is 0 Å². The zero-order valence-corrected chi connectivity index (χ0v) is 47.7. The second-order valence-electron chi connectivity index (χ2n) is 23.0. The topological polar surface area (TPSA) is 6.48 Å². The molecule has 14 aromatic rings. The lowest BCUT2D eigenvalue weighted by atomic mass is 9.62. The number of hydrogen-bond donors (Lipinski definition) is 0. The summed E-state index contributed by atoms with van der Waals surface area (Å²) in [7, 11) is -2.91. The van der Waals surface area contributed by atoms with Gasteiger partial charge in [-0.3, -0.25) is 0 Å². The van der Waals surface area contributed by atoms with Crippen LogP contribution in [0.3, 0.4) is 0 Å². The van der Waals surface area contributed by atoms with Crippen LogP contribution in [0.25, 0.3) is 32.7 Å². The zero-order valence-electron chi connectivity index (χ0n) is 46.7. The molecular formula is C82H56N2Si. The van der Waals surface area contributed by atoms with Crippen molar-refractivity contribution in [3.8, 4) is 11.1 Å². The minimum atomic E-state index is -2.91. The van der Waals surface area contributed by atoms with Gasteiger partial charge in [-0.1, -0.05) is 273 Å². The molecule has 2 nitrogen and oxygen atoms in total. The highest BCUT2D eigenvalue weighted by Crippen LogP contribution is 2.60. The summed E-state index contributed by atoms with van der Waals surface area (Å²) >= 11 is 0. The molecule has 3 heteroatoms. The van der Waals surface area contributed by atoms with Gasteiger partial charge in [-0.05, 0) is 165 Å². The fourth-order valence-electron chi connectivity index (χ4n) is 15.6. The summed E-state index contributed by atoms with van der Waals surface area (Å²) in [5, 5.41) is 10.4. The molecule has 0 atom stereocenters. The normalized spacial score (nSPS) is 14.6. The minimum Gasteiger partial charge on any atom is -0.310 e. The molecule has 0 aliphatic carbocycles. The van der Waals surface area contributed by atoms with Crippen LogP contribution < -0.4 is 30.5 Å². The van der Waals surface area contributed by atoms with E-state index >= 15 is 0 Å². The average molecular weight is 1100 g/mol. The summed E-state index contributed by atoms with van der Waals surface area (Å²) in [6.45, 7) is 0. The highest BCUT2D eigenvalue weighted by Gasteiger charge is 2.53. The number of benzene rings is 14. The number of fused-ring (bicyclic) bond motifs is 9. The van der Waals surface area contributed by atoms with Crippen molar-refractivity contribution in [2.75, 3.05) is 9.80 Å². The molecule has 0 bridgehead atoms. The molecule has 0 aromatic heterocycles. The van der Waals surface area contributed by atoms with E-state index in [0.29, 0.717) is 0 Å². The van der Waals surface area contributed by atoms with E-state index in [9.17, 15) is 0 Å². The molecule has 14 aromatic carbocycles. The summed E-state index contributed by atoms with van der Waals surface area (Å²) < 4.78 is 0. The van der Waals surface area contributed by atoms with E-state index in [0.717, 1.165) is 11.4 Å². The van der Waals surface area contributed by atoms with Crippen molar-refractivity contribution in [2.24, 2.45) is 0 Å². The lowest BCUT2D eigenvalue weighted by Gasteiger charge is -2.47. The Hall–Kier alpha value is -10.6. The molecular weight excluding hydrogens is 1040 g/mol. The van der Waals surface area contributed by atoms with Crippen LogP contribution in [0.4, 0.5) is 34.1 Å². The molecule has 0 spiro atoms. The van der Waals surface area contributed by atoms with Crippen LogP contribution in [-0.2, 0) is 10.8 Å². The molecule has 0 saturated heterocycles. The third-order valence-electron chi connectivity index (χ3n) is 19.0. The van der Waals surface area contributed by atoms with Gasteiger partial charge in [0.1, 0.15) is 0 Å². The van der Waals surface area contributed by atoms with Crippen LogP contribution in [0, 0.1) is 0 Å². The first-order valence-corrected chi connectivity index (χ1v) is 31.7. The van der Waals surface area contributed by atoms with Gasteiger partial charge < -0.3 is 9.80 Å². The molecule has 0 unspecified atom stereocenters. The average Bonchev–Trinajstić information content (AvgIpc) is 1.93. The van der Waals surface area contributed by atoms with Crippen LogP contribution in [0.2, 0.25) is 0 Å². The number of para-hydroxylation sites is 3. The fourth-order valence-corrected chi connectivity index (χ4v) is 20.8. The highest BCUT2D eigenvalue weighted by molar-refractivity contribution is 7.22. The Bertz CT molecular complexity index is 4720. The van der Waals surface area contributed by atoms with Gasteiger partial charge in [-0.2, -0.15) is 0 Å². The van der Waals surface area contributed by atoms with Crippen LogP contribution in [0.5, 0.6) is 0 Å². The quantitative estimate of drug-likeness (QED) is 0.111. The van der Waals surface area contributed by atoms with Crippen LogP contribution in [0.15, 0.2) is 340 Å². The summed E-state index contributed by atoms with van der Waals surface area (Å²) in [5.74, 6) is 0. The fraction of sp³-hybridized carbons (Fsp3) is 0.0244. The Labute approximate surface area is 497 Å². The zero-order chi connectivity index (χ0) is 56.1. The van der Waals surface area contributed by atoms with Crippen molar-refractivity contribution in [1.82, 2.24) is 0 Å². The maximum atomic E-state index is 2.64. The Morgan fingerprint density at radius 1 is 0.224 bits per heavy atom. The molecule has 3 aliphatic rings. The van der Waals surface area contributed by atoms with Crippen molar-refractivity contribution in [1.29, 1.82) is 0 Å². The van der Waals surface area contributed by atoms with E-state index in [1.165, 1.54) is 121 Å². The summed E-state index contributed by atoms with van der Waals surface area (Å²) in [6.07, 6.45) is 0. The van der Waals surface area contributed by atoms with Crippen molar-refractivity contribution < 1.29 is 0 Å². The van der Waals surface area contributed by atoms with E-state index < -0.39 is 18.9 Å². The number of anilines is 6. The Morgan fingerprint density at radius 3 is 1.01 bits per heavy atom. The lowest BCUT2D eigenvalue weighted by molar-refractivity contribution is 0.731. The first-order valence-electron chi connectivity index (χ1n) is 29.7. The SMILES string of the molecule is c1ccc(C2(c3ccccc3)c3ccccc3N(c3ccc4cc5cc(N6c7ccccc7C(c7ccccc7)(c7ccccc7)c7cc8c(cc76)[Si](c6ccccc6)(c6ccccc6)c6ccccc6-8)ccc5cc4c3)c3ccccc32)cc1. The van der Waals surface area contributed by atoms with Crippen LogP contribution in [0.1, 0.15) is 44.5 Å². The van der Waals surface area contributed by atoms with Crippen LogP contribution >= 0.6 is 0 Å².